The van der Waals surface area contributed by atoms with Crippen molar-refractivity contribution in [3.05, 3.63) is 0 Å². The van der Waals surface area contributed by atoms with Crippen molar-refractivity contribution >= 4 is 23.9 Å². The van der Waals surface area contributed by atoms with Gasteiger partial charge in [-0.15, -0.1) is 0 Å². The molecule has 0 N–H and O–H groups in total. The van der Waals surface area contributed by atoms with Crippen LogP contribution >= 0.6 is 0 Å². The molecule has 0 amide bonds. The average molecular weight is 362 g/mol. The molecule has 0 bridgehead atoms. The van der Waals surface area contributed by atoms with Crippen LogP contribution in [0.25, 0.3) is 0 Å². The number of ether oxygens (including phenoxy) is 6. The molecule has 1 aliphatic heterocycles. The predicted molar refractivity (Wildman–Crippen MR) is 79.0 cm³/mol. The van der Waals surface area contributed by atoms with Gasteiger partial charge in [0.1, 0.15) is 0 Å². The Balaban J connectivity index is 3.31. The Hall–Kier alpha value is -2.20. The van der Waals surface area contributed by atoms with Crippen LogP contribution in [0.15, 0.2) is 0 Å². The summed E-state index contributed by atoms with van der Waals surface area (Å²) in [6.45, 7) is 5.17. The van der Waals surface area contributed by atoms with E-state index in [1.54, 1.807) is 6.92 Å². The summed E-state index contributed by atoms with van der Waals surface area (Å²) in [5.41, 5.74) is 0. The van der Waals surface area contributed by atoms with E-state index in [0.29, 0.717) is 0 Å². The molecule has 142 valence electrons. The first-order valence-corrected chi connectivity index (χ1v) is 7.57. The maximum absolute atomic E-state index is 12.0. The Morgan fingerprint density at radius 3 is 1.76 bits per heavy atom. The zero-order valence-corrected chi connectivity index (χ0v) is 14.7. The van der Waals surface area contributed by atoms with Crippen molar-refractivity contribution in [2.45, 2.75) is 58.4 Å². The van der Waals surface area contributed by atoms with Crippen LogP contribution < -0.4 is 0 Å². The second-order valence-corrected chi connectivity index (χ2v) is 5.13. The molecule has 0 aromatic carbocycles. The van der Waals surface area contributed by atoms with Crippen molar-refractivity contribution in [1.29, 1.82) is 0 Å². The predicted octanol–water partition coefficient (Wildman–Crippen LogP) is -0.284. The molecule has 0 spiro atoms. The first kappa shape index (κ1) is 20.8. The molecule has 5 atom stereocenters. The third-order valence-electron chi connectivity index (χ3n) is 3.17. The van der Waals surface area contributed by atoms with E-state index in [4.69, 9.17) is 23.7 Å². The molecule has 2 unspecified atom stereocenters. The minimum atomic E-state index is -1.43. The van der Waals surface area contributed by atoms with Crippen LogP contribution in [0, 0.1) is 0 Å². The zero-order chi connectivity index (χ0) is 19.1. The standard InChI is InChI=1S/C15H22O10/c1-6-21-15-13(24-9(4)18)11(23-8(3)17)10(22-7(2)16)12(25-15)14(19)20-5/h10-13,15H,6H2,1-5H3/t10-,11-,12?,13?,15+/m0/s1. The summed E-state index contributed by atoms with van der Waals surface area (Å²) < 4.78 is 30.8. The Kier molecular flexibility index (Phi) is 7.78. The highest BCUT2D eigenvalue weighted by Gasteiger charge is 2.55. The van der Waals surface area contributed by atoms with Crippen LogP contribution in [-0.2, 0) is 47.6 Å². The SMILES string of the molecule is CCO[C@@H]1OC(C(=O)OC)[C@@H](OC(C)=O)[C@H](OC(C)=O)C1OC(C)=O. The van der Waals surface area contributed by atoms with Gasteiger partial charge in [0.2, 0.25) is 0 Å². The highest BCUT2D eigenvalue weighted by atomic mass is 16.7. The van der Waals surface area contributed by atoms with Crippen molar-refractivity contribution in [1.82, 2.24) is 0 Å². The van der Waals surface area contributed by atoms with Crippen molar-refractivity contribution in [2.75, 3.05) is 13.7 Å². The van der Waals surface area contributed by atoms with Crippen LogP contribution in [-0.4, -0.2) is 68.3 Å². The Labute approximate surface area is 144 Å². The second kappa shape index (κ2) is 9.33. The van der Waals surface area contributed by atoms with Crippen LogP contribution in [0.1, 0.15) is 27.7 Å². The van der Waals surface area contributed by atoms with Crippen molar-refractivity contribution in [2.24, 2.45) is 0 Å². The topological polar surface area (TPSA) is 124 Å². The van der Waals surface area contributed by atoms with E-state index in [9.17, 15) is 19.2 Å². The van der Waals surface area contributed by atoms with Gasteiger partial charge in [0.25, 0.3) is 0 Å². The van der Waals surface area contributed by atoms with Crippen molar-refractivity contribution < 1.29 is 47.6 Å². The summed E-state index contributed by atoms with van der Waals surface area (Å²) in [7, 11) is 1.12. The Morgan fingerprint density at radius 2 is 1.32 bits per heavy atom. The molecular weight excluding hydrogens is 340 g/mol. The molecule has 1 fully saturated rings. The van der Waals surface area contributed by atoms with Gasteiger partial charge in [0.05, 0.1) is 7.11 Å². The quantitative estimate of drug-likeness (QED) is 0.460. The first-order valence-electron chi connectivity index (χ1n) is 7.57. The number of hydrogen-bond acceptors (Lipinski definition) is 10. The largest absolute Gasteiger partial charge is 0.467 e. The van der Waals surface area contributed by atoms with Gasteiger partial charge in [0.15, 0.2) is 30.7 Å². The second-order valence-electron chi connectivity index (χ2n) is 5.13. The fraction of sp³-hybridized carbons (Fsp3) is 0.733. The smallest absolute Gasteiger partial charge is 0.339 e. The molecule has 10 heteroatoms. The maximum Gasteiger partial charge on any atom is 0.339 e. The lowest BCUT2D eigenvalue weighted by Gasteiger charge is -2.43. The van der Waals surface area contributed by atoms with E-state index < -0.39 is 54.6 Å². The third-order valence-corrected chi connectivity index (χ3v) is 3.17. The van der Waals surface area contributed by atoms with Crippen molar-refractivity contribution in [3.8, 4) is 0 Å². The maximum atomic E-state index is 12.0. The molecule has 10 nitrogen and oxygen atoms in total. The van der Waals surface area contributed by atoms with E-state index >= 15 is 0 Å². The van der Waals surface area contributed by atoms with E-state index in [1.807, 2.05) is 0 Å². The molecule has 1 heterocycles. The lowest BCUT2D eigenvalue weighted by atomic mass is 9.97. The monoisotopic (exact) mass is 362 g/mol. The zero-order valence-electron chi connectivity index (χ0n) is 14.7. The molecule has 1 rings (SSSR count). The number of carbonyl (C=O) groups excluding carboxylic acids is 4. The first-order chi connectivity index (χ1) is 11.7. The summed E-state index contributed by atoms with van der Waals surface area (Å²) in [5.74, 6) is -3.06. The Morgan fingerprint density at radius 1 is 0.840 bits per heavy atom. The highest BCUT2D eigenvalue weighted by molar-refractivity contribution is 5.77. The Bertz CT molecular complexity index is 516. The van der Waals surface area contributed by atoms with Gasteiger partial charge in [-0.25, -0.2) is 4.79 Å². The molecule has 1 saturated heterocycles. The number of carbonyl (C=O) groups is 4. The van der Waals surface area contributed by atoms with Gasteiger partial charge in [-0.2, -0.15) is 0 Å². The van der Waals surface area contributed by atoms with Gasteiger partial charge < -0.3 is 28.4 Å². The lowest BCUT2D eigenvalue weighted by Crippen LogP contribution is -2.63. The van der Waals surface area contributed by atoms with E-state index in [1.165, 1.54) is 0 Å². The summed E-state index contributed by atoms with van der Waals surface area (Å²) in [5, 5.41) is 0. The minimum absolute atomic E-state index is 0.154. The summed E-state index contributed by atoms with van der Waals surface area (Å²) >= 11 is 0. The van der Waals surface area contributed by atoms with E-state index in [2.05, 4.69) is 4.74 Å². The third kappa shape index (κ3) is 5.68. The highest BCUT2D eigenvalue weighted by Crippen LogP contribution is 2.30. The number of rotatable bonds is 6. The molecule has 0 saturated carbocycles. The van der Waals surface area contributed by atoms with Gasteiger partial charge in [-0.1, -0.05) is 0 Å². The van der Waals surface area contributed by atoms with Gasteiger partial charge in [0, 0.05) is 27.4 Å². The molecular formula is C15H22O10. The van der Waals surface area contributed by atoms with Gasteiger partial charge in [-0.3, -0.25) is 14.4 Å². The van der Waals surface area contributed by atoms with Crippen LogP contribution in [0.5, 0.6) is 0 Å². The van der Waals surface area contributed by atoms with E-state index in [0.717, 1.165) is 27.9 Å². The summed E-state index contributed by atoms with van der Waals surface area (Å²) in [6.07, 6.45) is -6.60. The van der Waals surface area contributed by atoms with Crippen LogP contribution in [0.3, 0.4) is 0 Å². The lowest BCUT2D eigenvalue weighted by molar-refractivity contribution is -0.300. The van der Waals surface area contributed by atoms with Crippen molar-refractivity contribution in [3.63, 3.8) is 0 Å². The summed E-state index contributed by atoms with van der Waals surface area (Å²) in [6, 6.07) is 0. The fourth-order valence-corrected chi connectivity index (χ4v) is 2.38. The van der Waals surface area contributed by atoms with Gasteiger partial charge in [-0.05, 0) is 6.92 Å². The number of hydrogen-bond donors (Lipinski definition) is 0. The number of esters is 4. The summed E-state index contributed by atoms with van der Waals surface area (Å²) in [4.78, 5) is 46.4. The van der Waals surface area contributed by atoms with Crippen LogP contribution in [0.2, 0.25) is 0 Å². The molecule has 0 aromatic heterocycles. The normalized spacial score (nSPS) is 28.6. The molecule has 0 aliphatic carbocycles. The fourth-order valence-electron chi connectivity index (χ4n) is 2.38. The molecule has 1 aliphatic rings. The molecule has 0 radical (unpaired) electrons. The van der Waals surface area contributed by atoms with Crippen LogP contribution in [0.4, 0.5) is 0 Å². The average Bonchev–Trinajstić information content (AvgIpc) is 2.50. The molecule has 0 aromatic rings. The molecule has 25 heavy (non-hydrogen) atoms. The minimum Gasteiger partial charge on any atom is -0.467 e. The van der Waals surface area contributed by atoms with Gasteiger partial charge >= 0.3 is 23.9 Å². The van der Waals surface area contributed by atoms with E-state index in [-0.39, 0.29) is 6.61 Å². The number of methoxy groups -OCH3 is 1.